The number of hydrogen-bond donors (Lipinski definition) is 3. The van der Waals surface area contributed by atoms with Crippen LogP contribution in [0.3, 0.4) is 0 Å². The highest BCUT2D eigenvalue weighted by Crippen LogP contribution is 2.34. The molecule has 0 aliphatic carbocycles. The lowest BCUT2D eigenvalue weighted by Crippen LogP contribution is -2.27. The van der Waals surface area contributed by atoms with Crippen LogP contribution in [0.2, 0.25) is 0 Å². The van der Waals surface area contributed by atoms with E-state index >= 15 is 0 Å². The highest BCUT2D eigenvalue weighted by atomic mass is 32.1. The van der Waals surface area contributed by atoms with Gasteiger partial charge in [-0.15, -0.1) is 21.5 Å². The second-order valence-electron chi connectivity index (χ2n) is 7.45. The summed E-state index contributed by atoms with van der Waals surface area (Å²) in [5.41, 5.74) is 1.78. The van der Waals surface area contributed by atoms with Gasteiger partial charge in [0.1, 0.15) is 5.01 Å². The fourth-order valence-electron chi connectivity index (χ4n) is 3.45. The number of nitrogens with zero attached hydrogens (tertiary/aromatic N) is 4. The Morgan fingerprint density at radius 2 is 1.94 bits per heavy atom. The van der Waals surface area contributed by atoms with Crippen LogP contribution < -0.4 is 15.6 Å². The van der Waals surface area contributed by atoms with Crippen LogP contribution in [0.25, 0.3) is 32.9 Å². The zero-order valence-corrected chi connectivity index (χ0v) is 19.3. The minimum atomic E-state index is -0.850. The van der Waals surface area contributed by atoms with Crippen LogP contribution in [0.1, 0.15) is 23.9 Å². The molecule has 0 aliphatic rings. The minimum absolute atomic E-state index is 0.0120. The first kappa shape index (κ1) is 22.2. The first-order valence-electron chi connectivity index (χ1n) is 10.4. The Bertz CT molecular complexity index is 1590. The van der Waals surface area contributed by atoms with Crippen LogP contribution in [0.5, 0.6) is 11.8 Å². The zero-order valence-electron chi connectivity index (χ0n) is 18.5. The summed E-state index contributed by atoms with van der Waals surface area (Å²) in [7, 11) is 1.31. The fourth-order valence-corrected chi connectivity index (χ4v) is 4.50. The molecular weight excluding hydrogens is 472 g/mol. The molecule has 3 N–H and O–H groups in total. The predicted octanol–water partition coefficient (Wildman–Crippen LogP) is 3.04. The van der Waals surface area contributed by atoms with Gasteiger partial charge < -0.3 is 19.6 Å². The number of fused-ring (bicyclic) bond motifs is 1. The van der Waals surface area contributed by atoms with Gasteiger partial charge in [-0.3, -0.25) is 14.6 Å². The van der Waals surface area contributed by atoms with Crippen LogP contribution in [0.15, 0.2) is 57.7 Å². The average Bonchev–Trinajstić information content (AvgIpc) is 3.51. The van der Waals surface area contributed by atoms with E-state index in [-0.39, 0.29) is 29.4 Å². The van der Waals surface area contributed by atoms with E-state index in [9.17, 15) is 14.7 Å². The van der Waals surface area contributed by atoms with E-state index in [2.05, 4.69) is 30.5 Å². The van der Waals surface area contributed by atoms with Crippen LogP contribution in [0, 0.1) is 0 Å². The molecule has 0 fully saturated rings. The number of methoxy groups -OCH3 is 1. The first-order valence-corrected chi connectivity index (χ1v) is 11.2. The highest BCUT2D eigenvalue weighted by molar-refractivity contribution is 7.18. The average molecular weight is 491 g/mol. The van der Waals surface area contributed by atoms with Crippen molar-refractivity contribution in [2.24, 2.45) is 0 Å². The molecule has 3 heterocycles. The van der Waals surface area contributed by atoms with E-state index in [0.29, 0.717) is 5.01 Å². The molecule has 5 rings (SSSR count). The molecule has 5 aromatic rings. The summed E-state index contributed by atoms with van der Waals surface area (Å²) in [5, 5.41) is 21.3. The van der Waals surface area contributed by atoms with Crippen LogP contribution in [0.4, 0.5) is 0 Å². The molecule has 1 amide bonds. The Morgan fingerprint density at radius 3 is 2.69 bits per heavy atom. The number of aromatic amines is 1. The predicted molar refractivity (Wildman–Crippen MR) is 127 cm³/mol. The molecule has 176 valence electrons. The SMILES string of the molecule is COc1nc(-c2nnc(C(NC(C)=O)c3nc4ccc(-c5ccccc5)cc4s3)o2)c(O)c(=O)[nH]1. The van der Waals surface area contributed by atoms with Gasteiger partial charge in [-0.05, 0) is 23.3 Å². The standard InChI is InChI=1S/C23H18N6O5S/c1-11(30)24-17(21-29-28-20(34-21)16-18(31)19(32)27-23(26-16)33-2)22-25-14-9-8-13(10-15(14)35-22)12-6-4-3-5-7-12/h3-10,17,31H,1-2H3,(H,24,30)(H,26,27,32). The number of aromatic hydroxyl groups is 1. The fraction of sp³-hybridized carbons (Fsp3) is 0.130. The summed E-state index contributed by atoms with van der Waals surface area (Å²) >= 11 is 1.37. The number of ether oxygens (including phenoxy) is 1. The van der Waals surface area contributed by atoms with Gasteiger partial charge in [-0.25, -0.2) is 4.98 Å². The van der Waals surface area contributed by atoms with Gasteiger partial charge in [0.05, 0.1) is 17.3 Å². The van der Waals surface area contributed by atoms with E-state index in [0.717, 1.165) is 21.3 Å². The van der Waals surface area contributed by atoms with Crippen molar-refractivity contribution in [3.05, 3.63) is 69.8 Å². The molecule has 0 spiro atoms. The van der Waals surface area contributed by atoms with E-state index in [1.807, 2.05) is 48.5 Å². The van der Waals surface area contributed by atoms with E-state index in [1.54, 1.807) is 0 Å². The number of amides is 1. The number of carbonyl (C=O) groups excluding carboxylic acids is 1. The van der Waals surface area contributed by atoms with Gasteiger partial charge in [0, 0.05) is 6.92 Å². The Hall–Kier alpha value is -4.58. The smallest absolute Gasteiger partial charge is 0.297 e. The third kappa shape index (κ3) is 4.34. The van der Waals surface area contributed by atoms with Crippen molar-refractivity contribution in [1.29, 1.82) is 0 Å². The summed E-state index contributed by atoms with van der Waals surface area (Å²) in [4.78, 5) is 34.8. The van der Waals surface area contributed by atoms with Crippen LogP contribution >= 0.6 is 11.3 Å². The topological polar surface area (TPSA) is 156 Å². The van der Waals surface area contributed by atoms with Crippen molar-refractivity contribution >= 4 is 27.5 Å². The van der Waals surface area contributed by atoms with Crippen molar-refractivity contribution in [2.75, 3.05) is 7.11 Å². The molecular formula is C23H18N6O5S. The molecule has 11 nitrogen and oxygen atoms in total. The number of aromatic nitrogens is 5. The largest absolute Gasteiger partial charge is 0.501 e. The Labute approximate surface area is 201 Å². The maximum atomic E-state index is 12.0. The van der Waals surface area contributed by atoms with E-state index in [4.69, 9.17) is 9.15 Å². The number of rotatable bonds is 6. The number of nitrogens with one attached hydrogen (secondary N) is 2. The number of benzene rings is 2. The zero-order chi connectivity index (χ0) is 24.5. The lowest BCUT2D eigenvalue weighted by Gasteiger charge is -2.10. The maximum absolute atomic E-state index is 12.0. The third-order valence-electron chi connectivity index (χ3n) is 5.06. The monoisotopic (exact) mass is 490 g/mol. The van der Waals surface area contributed by atoms with Crippen molar-refractivity contribution in [2.45, 2.75) is 13.0 Å². The summed E-state index contributed by atoms with van der Waals surface area (Å²) in [5.74, 6) is -1.24. The van der Waals surface area contributed by atoms with Gasteiger partial charge in [0.25, 0.3) is 17.5 Å². The molecule has 0 bridgehead atoms. The van der Waals surface area contributed by atoms with E-state index < -0.39 is 17.4 Å². The molecule has 12 heteroatoms. The molecule has 3 aromatic heterocycles. The number of carbonyl (C=O) groups is 1. The number of H-pyrrole nitrogens is 1. The van der Waals surface area contributed by atoms with Crippen molar-refractivity contribution in [1.82, 2.24) is 30.5 Å². The third-order valence-corrected chi connectivity index (χ3v) is 6.15. The minimum Gasteiger partial charge on any atom is -0.501 e. The second-order valence-corrected chi connectivity index (χ2v) is 8.51. The molecule has 1 atom stereocenters. The number of thiazole rings is 1. The molecule has 0 saturated heterocycles. The Kier molecular flexibility index (Phi) is 5.71. The van der Waals surface area contributed by atoms with Crippen molar-refractivity contribution in [3.63, 3.8) is 0 Å². The van der Waals surface area contributed by atoms with Gasteiger partial charge >= 0.3 is 0 Å². The summed E-state index contributed by atoms with van der Waals surface area (Å²) < 4.78 is 11.6. The Morgan fingerprint density at radius 1 is 1.14 bits per heavy atom. The van der Waals surface area contributed by atoms with Crippen LogP contribution in [-0.4, -0.2) is 43.3 Å². The van der Waals surface area contributed by atoms with Crippen molar-refractivity contribution < 1.29 is 19.1 Å². The molecule has 1 unspecified atom stereocenters. The lowest BCUT2D eigenvalue weighted by molar-refractivity contribution is -0.119. The van der Waals surface area contributed by atoms with Crippen LogP contribution in [-0.2, 0) is 4.79 Å². The highest BCUT2D eigenvalue weighted by Gasteiger charge is 2.27. The summed E-state index contributed by atoms with van der Waals surface area (Å²) in [6, 6.07) is 14.9. The van der Waals surface area contributed by atoms with Gasteiger partial charge in [-0.1, -0.05) is 36.4 Å². The lowest BCUT2D eigenvalue weighted by atomic mass is 10.1. The Balaban J connectivity index is 1.55. The first-order chi connectivity index (χ1) is 16.9. The van der Waals surface area contributed by atoms with E-state index in [1.165, 1.54) is 25.4 Å². The quantitative estimate of drug-likeness (QED) is 0.325. The summed E-state index contributed by atoms with van der Waals surface area (Å²) in [6.07, 6.45) is 0. The van der Waals surface area contributed by atoms with Crippen molar-refractivity contribution in [3.8, 4) is 34.5 Å². The molecule has 35 heavy (non-hydrogen) atoms. The van der Waals surface area contributed by atoms with Gasteiger partial charge in [0.2, 0.25) is 17.5 Å². The normalized spacial score (nSPS) is 11.9. The molecule has 0 saturated carbocycles. The molecule has 2 aromatic carbocycles. The summed E-state index contributed by atoms with van der Waals surface area (Å²) in [6.45, 7) is 1.36. The molecule has 0 aliphatic heterocycles. The van der Waals surface area contributed by atoms with Gasteiger partial charge in [-0.2, -0.15) is 4.98 Å². The van der Waals surface area contributed by atoms with Gasteiger partial charge in [0.15, 0.2) is 11.7 Å². The maximum Gasteiger partial charge on any atom is 0.297 e. The second kappa shape index (κ2) is 8.99. The number of hydrogen-bond acceptors (Lipinski definition) is 10. The molecule has 0 radical (unpaired) electrons.